The summed E-state index contributed by atoms with van der Waals surface area (Å²) in [6, 6.07) is 5.87. The molecule has 11 nitrogen and oxygen atoms in total. The van der Waals surface area contributed by atoms with Gasteiger partial charge in [0, 0.05) is 32.8 Å². The smallest absolute Gasteiger partial charge is 0.410 e. The Morgan fingerprint density at radius 2 is 1.98 bits per heavy atom. The fourth-order valence-corrected chi connectivity index (χ4v) is 6.15. The van der Waals surface area contributed by atoms with Gasteiger partial charge in [0.05, 0.1) is 5.56 Å². The average molecular weight is 573 g/mol. The zero-order chi connectivity index (χ0) is 29.5. The second-order valence-electron chi connectivity index (χ2n) is 12.1. The summed E-state index contributed by atoms with van der Waals surface area (Å²) in [5.41, 5.74) is 6.52. The van der Waals surface area contributed by atoms with Gasteiger partial charge in [-0.15, -0.1) is 0 Å². The highest BCUT2D eigenvalue weighted by Crippen LogP contribution is 2.38. The van der Waals surface area contributed by atoms with Gasteiger partial charge in [0.1, 0.15) is 17.2 Å². The molecule has 0 radical (unpaired) electrons. The molecule has 2 aliphatic rings. The molecular formula is C28H40N6O5S. The predicted octanol–water partition coefficient (Wildman–Crippen LogP) is 4.07. The monoisotopic (exact) mass is 572 g/mol. The Morgan fingerprint density at radius 1 is 1.25 bits per heavy atom. The van der Waals surface area contributed by atoms with Crippen molar-refractivity contribution in [2.24, 2.45) is 5.92 Å². The van der Waals surface area contributed by atoms with E-state index in [-0.39, 0.29) is 29.5 Å². The zero-order valence-corrected chi connectivity index (χ0v) is 24.7. The second-order valence-corrected chi connectivity index (χ2v) is 13.7. The number of nitrogens with two attached hydrogens (primary N) is 1. The molecule has 0 saturated carbocycles. The lowest BCUT2D eigenvalue weighted by Crippen LogP contribution is -2.41. The molecule has 218 valence electrons. The Labute approximate surface area is 237 Å². The van der Waals surface area contributed by atoms with Crippen LogP contribution in [0, 0.1) is 5.92 Å². The summed E-state index contributed by atoms with van der Waals surface area (Å²) in [5.74, 6) is -0.00140. The van der Waals surface area contributed by atoms with Crippen molar-refractivity contribution in [2.75, 3.05) is 30.3 Å². The number of nitrogens with zero attached hydrogens (tertiary/aromatic N) is 4. The molecule has 1 unspecified atom stereocenters. The van der Waals surface area contributed by atoms with Gasteiger partial charge in [-0.05, 0) is 82.7 Å². The van der Waals surface area contributed by atoms with Crippen LogP contribution in [0.2, 0.25) is 0 Å². The molecule has 12 heteroatoms. The van der Waals surface area contributed by atoms with Crippen molar-refractivity contribution in [1.82, 2.24) is 19.6 Å². The zero-order valence-electron chi connectivity index (χ0n) is 23.9. The van der Waals surface area contributed by atoms with Crippen LogP contribution >= 0.6 is 0 Å². The number of pyridine rings is 2. The van der Waals surface area contributed by atoms with Gasteiger partial charge in [-0.25, -0.2) is 19.5 Å². The summed E-state index contributed by atoms with van der Waals surface area (Å²) in [6.07, 6.45) is 4.64. The molecule has 1 atom stereocenters. The number of aromatic nitrogens is 2. The van der Waals surface area contributed by atoms with E-state index in [0.717, 1.165) is 12.0 Å². The van der Waals surface area contributed by atoms with Crippen LogP contribution in [0.3, 0.4) is 0 Å². The topological polar surface area (TPSA) is 148 Å². The van der Waals surface area contributed by atoms with Crippen molar-refractivity contribution in [3.05, 3.63) is 47.7 Å². The van der Waals surface area contributed by atoms with E-state index < -0.39 is 21.5 Å². The lowest BCUT2D eigenvalue weighted by Gasteiger charge is -2.34. The second kappa shape index (κ2) is 10.7. The van der Waals surface area contributed by atoms with E-state index in [1.54, 1.807) is 17.2 Å². The Morgan fingerprint density at radius 3 is 2.55 bits per heavy atom. The molecule has 2 aliphatic heterocycles. The molecule has 1 saturated heterocycles. The molecule has 0 aliphatic carbocycles. The van der Waals surface area contributed by atoms with Crippen LogP contribution in [0.1, 0.15) is 71.7 Å². The van der Waals surface area contributed by atoms with E-state index in [4.69, 9.17) is 15.5 Å². The summed E-state index contributed by atoms with van der Waals surface area (Å²) in [4.78, 5) is 38.3. The normalized spacial score (nSPS) is 19.2. The molecule has 2 amide bonds. The molecule has 4 rings (SSSR count). The van der Waals surface area contributed by atoms with Gasteiger partial charge in [0.2, 0.25) is 0 Å². The highest BCUT2D eigenvalue weighted by molar-refractivity contribution is 7.90. The largest absolute Gasteiger partial charge is 0.444 e. The Hall–Kier alpha value is -3.67. The van der Waals surface area contributed by atoms with E-state index in [1.165, 1.54) is 18.2 Å². The summed E-state index contributed by atoms with van der Waals surface area (Å²) in [6.45, 7) is 13.2. The fraction of sp³-hybridized carbons (Fsp3) is 0.500. The first kappa shape index (κ1) is 29.3. The summed E-state index contributed by atoms with van der Waals surface area (Å²) < 4.78 is 33.7. The molecule has 3 N–H and O–H groups in total. The van der Waals surface area contributed by atoms with Crippen LogP contribution < -0.4 is 15.4 Å². The molecule has 2 aromatic heterocycles. The third kappa shape index (κ3) is 6.55. The minimum Gasteiger partial charge on any atom is -0.444 e. The number of nitrogen functional groups attached to an aromatic ring is 1. The summed E-state index contributed by atoms with van der Waals surface area (Å²) in [7, 11) is -4.29. The number of hydrogen-bond acceptors (Lipinski definition) is 9. The molecule has 0 aromatic carbocycles. The van der Waals surface area contributed by atoms with Crippen LogP contribution in [0.15, 0.2) is 41.6 Å². The molecule has 1 fully saturated rings. The van der Waals surface area contributed by atoms with Gasteiger partial charge in [-0.3, -0.25) is 4.79 Å². The van der Waals surface area contributed by atoms with Gasteiger partial charge in [0.25, 0.3) is 15.9 Å². The van der Waals surface area contributed by atoms with Gasteiger partial charge < -0.3 is 20.3 Å². The van der Waals surface area contributed by atoms with E-state index in [9.17, 15) is 18.0 Å². The standard InChI is InChI=1S/C28H38N6O5S.H2/c1-18-15-28(5,6)34(17-18)24-21(25(35)32-40(37,38)23-9-7-8-22(29)31-23)14-20(16-30-24)19-10-12-33(13-11-19)26(36)39-27(2,3)4;/h7-10,14,16,18H,11-13,15,17H2,1-6H3,(H2,29,31)(H,32,35);1H. The van der Waals surface area contributed by atoms with Gasteiger partial charge in [0.15, 0.2) is 5.03 Å². The molecule has 4 heterocycles. The number of ether oxygens (including phenoxy) is 1. The van der Waals surface area contributed by atoms with Crippen LogP contribution in [0.4, 0.5) is 16.4 Å². The highest BCUT2D eigenvalue weighted by Gasteiger charge is 2.39. The van der Waals surface area contributed by atoms with Crippen molar-refractivity contribution in [3.63, 3.8) is 0 Å². The Kier molecular flexibility index (Phi) is 7.85. The minimum atomic E-state index is -4.29. The third-order valence-electron chi connectivity index (χ3n) is 6.92. The molecule has 40 heavy (non-hydrogen) atoms. The Bertz CT molecular complexity index is 1450. The predicted molar refractivity (Wildman–Crippen MR) is 155 cm³/mol. The number of anilines is 2. The molecule has 0 spiro atoms. The van der Waals surface area contributed by atoms with Crippen molar-refractivity contribution < 1.29 is 24.2 Å². The lowest BCUT2D eigenvalue weighted by atomic mass is 9.96. The number of carbonyl (C=O) groups excluding carboxylic acids is 2. The lowest BCUT2D eigenvalue weighted by molar-refractivity contribution is 0.0270. The average Bonchev–Trinajstić information content (AvgIpc) is 3.14. The van der Waals surface area contributed by atoms with Crippen LogP contribution in [-0.2, 0) is 14.8 Å². The maximum absolute atomic E-state index is 13.6. The number of carbonyl (C=O) groups is 2. The third-order valence-corrected chi connectivity index (χ3v) is 8.15. The van der Waals surface area contributed by atoms with Crippen LogP contribution in [-0.4, -0.2) is 66.1 Å². The number of amides is 2. The van der Waals surface area contributed by atoms with E-state index in [2.05, 4.69) is 35.4 Å². The van der Waals surface area contributed by atoms with Crippen molar-refractivity contribution in [1.29, 1.82) is 0 Å². The number of nitrogens with one attached hydrogen (secondary N) is 1. The number of hydrogen-bond donors (Lipinski definition) is 2. The van der Waals surface area contributed by atoms with Gasteiger partial charge in [-0.1, -0.05) is 19.1 Å². The highest BCUT2D eigenvalue weighted by atomic mass is 32.2. The van der Waals surface area contributed by atoms with Crippen molar-refractivity contribution >= 4 is 39.2 Å². The number of rotatable bonds is 5. The molecular weight excluding hydrogens is 532 g/mol. The fourth-order valence-electron chi connectivity index (χ4n) is 5.21. The number of sulfonamides is 1. The Balaban J connectivity index is 0.00000462. The molecule has 0 bridgehead atoms. The first-order chi connectivity index (χ1) is 18.6. The van der Waals surface area contributed by atoms with Crippen molar-refractivity contribution in [2.45, 2.75) is 70.6 Å². The van der Waals surface area contributed by atoms with Gasteiger partial charge >= 0.3 is 6.09 Å². The van der Waals surface area contributed by atoms with E-state index >= 15 is 0 Å². The molecule has 2 aromatic rings. The summed E-state index contributed by atoms with van der Waals surface area (Å²) in [5, 5.41) is -0.348. The summed E-state index contributed by atoms with van der Waals surface area (Å²) >= 11 is 0. The quantitative estimate of drug-likeness (QED) is 0.541. The van der Waals surface area contributed by atoms with Crippen LogP contribution in [0.5, 0.6) is 0 Å². The van der Waals surface area contributed by atoms with E-state index in [1.807, 2.05) is 26.8 Å². The minimum absolute atomic E-state index is 0. The van der Waals surface area contributed by atoms with Crippen LogP contribution in [0.25, 0.3) is 5.57 Å². The van der Waals surface area contributed by atoms with Gasteiger partial charge in [-0.2, -0.15) is 8.42 Å². The first-order valence-corrected chi connectivity index (χ1v) is 14.8. The SMILES string of the molecule is CC1CN(c2ncc(C3=CCN(C(=O)OC(C)(C)C)CC3)cc2C(=O)NS(=O)(=O)c2cccc(N)n2)C(C)(C)C1.[HH]. The van der Waals surface area contributed by atoms with Crippen molar-refractivity contribution in [3.8, 4) is 0 Å². The first-order valence-electron chi connectivity index (χ1n) is 13.3. The maximum Gasteiger partial charge on any atom is 0.410 e. The van der Waals surface area contributed by atoms with E-state index in [0.29, 0.717) is 43.4 Å². The maximum atomic E-state index is 13.6.